The first-order valence-corrected chi connectivity index (χ1v) is 10.0. The molecular formula is C18H18N2O2S2. The third-order valence-electron chi connectivity index (χ3n) is 4.53. The molecule has 1 unspecified atom stereocenters. The van der Waals surface area contributed by atoms with Gasteiger partial charge in [0.2, 0.25) is 5.91 Å². The molecule has 2 aliphatic heterocycles. The van der Waals surface area contributed by atoms with Gasteiger partial charge in [0.05, 0.1) is 11.7 Å². The average molecular weight is 358 g/mol. The fraction of sp³-hybridized carbons (Fsp3) is 0.333. The first-order chi connectivity index (χ1) is 11.7. The van der Waals surface area contributed by atoms with E-state index >= 15 is 0 Å². The monoisotopic (exact) mass is 358 g/mol. The van der Waals surface area contributed by atoms with Crippen LogP contribution in [0.3, 0.4) is 0 Å². The molecular weight excluding hydrogens is 340 g/mol. The van der Waals surface area contributed by atoms with Gasteiger partial charge >= 0.3 is 0 Å². The van der Waals surface area contributed by atoms with E-state index in [0.29, 0.717) is 12.0 Å². The van der Waals surface area contributed by atoms with Crippen LogP contribution in [-0.4, -0.2) is 29.0 Å². The summed E-state index contributed by atoms with van der Waals surface area (Å²) in [7, 11) is 0. The molecule has 4 rings (SSSR count). The molecule has 4 nitrogen and oxygen atoms in total. The largest absolute Gasteiger partial charge is 0.332 e. The zero-order chi connectivity index (χ0) is 16.5. The SMILES string of the molecule is O=C1CCSc2ccc(C(=O)N3CCCC3c3ccsc3)cc2N1. The molecule has 2 amide bonds. The molecule has 2 aromatic rings. The second-order valence-corrected chi connectivity index (χ2v) is 7.99. The molecule has 1 aromatic carbocycles. The molecule has 24 heavy (non-hydrogen) atoms. The van der Waals surface area contributed by atoms with Crippen LogP contribution in [-0.2, 0) is 4.79 Å². The number of rotatable bonds is 2. The number of nitrogens with zero attached hydrogens (tertiary/aromatic N) is 1. The second-order valence-electron chi connectivity index (χ2n) is 6.07. The smallest absolute Gasteiger partial charge is 0.254 e. The van der Waals surface area contributed by atoms with Crippen LogP contribution in [0.5, 0.6) is 0 Å². The molecule has 1 atom stereocenters. The van der Waals surface area contributed by atoms with Crippen LogP contribution in [0.4, 0.5) is 5.69 Å². The number of amides is 2. The van der Waals surface area contributed by atoms with Gasteiger partial charge in [-0.2, -0.15) is 11.3 Å². The highest BCUT2D eigenvalue weighted by Crippen LogP contribution is 2.36. The number of benzene rings is 1. The molecule has 2 aliphatic rings. The normalized spacial score (nSPS) is 20.4. The molecule has 3 heterocycles. The van der Waals surface area contributed by atoms with Crippen molar-refractivity contribution in [2.24, 2.45) is 0 Å². The van der Waals surface area contributed by atoms with Gasteiger partial charge in [0.25, 0.3) is 5.91 Å². The van der Waals surface area contributed by atoms with Gasteiger partial charge < -0.3 is 10.2 Å². The Morgan fingerprint density at radius 3 is 3.04 bits per heavy atom. The van der Waals surface area contributed by atoms with Crippen LogP contribution in [0.2, 0.25) is 0 Å². The lowest BCUT2D eigenvalue weighted by Crippen LogP contribution is -2.30. The number of anilines is 1. The molecule has 0 saturated carbocycles. The summed E-state index contributed by atoms with van der Waals surface area (Å²) in [4.78, 5) is 27.8. The van der Waals surface area contributed by atoms with Crippen LogP contribution in [0.15, 0.2) is 39.9 Å². The van der Waals surface area contributed by atoms with Gasteiger partial charge in [0.15, 0.2) is 0 Å². The van der Waals surface area contributed by atoms with Gasteiger partial charge in [-0.1, -0.05) is 0 Å². The molecule has 6 heteroatoms. The van der Waals surface area contributed by atoms with E-state index in [4.69, 9.17) is 0 Å². The van der Waals surface area contributed by atoms with Crippen molar-refractivity contribution in [2.45, 2.75) is 30.2 Å². The lowest BCUT2D eigenvalue weighted by Gasteiger charge is -2.24. The van der Waals surface area contributed by atoms with E-state index in [9.17, 15) is 9.59 Å². The molecule has 0 radical (unpaired) electrons. The molecule has 1 fully saturated rings. The minimum atomic E-state index is 0.0168. The van der Waals surface area contributed by atoms with Crippen molar-refractivity contribution in [3.8, 4) is 0 Å². The molecule has 1 aromatic heterocycles. The van der Waals surface area contributed by atoms with Crippen LogP contribution >= 0.6 is 23.1 Å². The van der Waals surface area contributed by atoms with Crippen molar-refractivity contribution < 1.29 is 9.59 Å². The molecule has 0 spiro atoms. The Morgan fingerprint density at radius 2 is 2.21 bits per heavy atom. The number of thiophene rings is 1. The summed E-state index contributed by atoms with van der Waals surface area (Å²) in [6.45, 7) is 0.789. The zero-order valence-corrected chi connectivity index (χ0v) is 14.8. The maximum atomic E-state index is 13.0. The topological polar surface area (TPSA) is 49.4 Å². The summed E-state index contributed by atoms with van der Waals surface area (Å²) < 4.78 is 0. The lowest BCUT2D eigenvalue weighted by molar-refractivity contribution is -0.115. The third-order valence-corrected chi connectivity index (χ3v) is 6.31. The predicted molar refractivity (Wildman–Crippen MR) is 97.7 cm³/mol. The van der Waals surface area contributed by atoms with E-state index in [-0.39, 0.29) is 17.9 Å². The maximum Gasteiger partial charge on any atom is 0.254 e. The van der Waals surface area contributed by atoms with Crippen molar-refractivity contribution in [1.29, 1.82) is 0 Å². The van der Waals surface area contributed by atoms with Crippen molar-refractivity contribution in [1.82, 2.24) is 4.90 Å². The highest BCUT2D eigenvalue weighted by molar-refractivity contribution is 7.99. The van der Waals surface area contributed by atoms with Crippen molar-refractivity contribution >= 4 is 40.6 Å². The van der Waals surface area contributed by atoms with Crippen LogP contribution < -0.4 is 5.32 Å². The molecule has 1 N–H and O–H groups in total. The number of hydrogen-bond acceptors (Lipinski definition) is 4. The first-order valence-electron chi connectivity index (χ1n) is 8.12. The Bertz CT molecular complexity index is 773. The van der Waals surface area contributed by atoms with Crippen molar-refractivity contribution in [2.75, 3.05) is 17.6 Å². The first kappa shape index (κ1) is 15.7. The van der Waals surface area contributed by atoms with E-state index in [1.807, 2.05) is 23.1 Å². The van der Waals surface area contributed by atoms with Gasteiger partial charge in [0, 0.05) is 29.2 Å². The van der Waals surface area contributed by atoms with Crippen LogP contribution in [0.1, 0.15) is 41.2 Å². The minimum absolute atomic E-state index is 0.0168. The Morgan fingerprint density at radius 1 is 1.29 bits per heavy atom. The van der Waals surface area contributed by atoms with E-state index in [0.717, 1.165) is 35.7 Å². The minimum Gasteiger partial charge on any atom is -0.332 e. The Labute approximate surface area is 149 Å². The van der Waals surface area contributed by atoms with Crippen LogP contribution in [0.25, 0.3) is 0 Å². The van der Waals surface area contributed by atoms with Gasteiger partial charge in [-0.25, -0.2) is 0 Å². The van der Waals surface area contributed by atoms with Crippen molar-refractivity contribution in [3.63, 3.8) is 0 Å². The molecule has 0 aliphatic carbocycles. The molecule has 0 bridgehead atoms. The summed E-state index contributed by atoms with van der Waals surface area (Å²) in [5.41, 5.74) is 2.64. The van der Waals surface area contributed by atoms with Crippen molar-refractivity contribution in [3.05, 3.63) is 46.2 Å². The quantitative estimate of drug-likeness (QED) is 0.877. The maximum absolute atomic E-state index is 13.0. The number of hydrogen-bond donors (Lipinski definition) is 1. The third kappa shape index (κ3) is 2.96. The summed E-state index contributed by atoms with van der Waals surface area (Å²) in [5.74, 6) is 0.844. The van der Waals surface area contributed by atoms with E-state index in [2.05, 4.69) is 22.1 Å². The highest BCUT2D eigenvalue weighted by atomic mass is 32.2. The summed E-state index contributed by atoms with van der Waals surface area (Å²) >= 11 is 3.33. The number of carbonyl (C=O) groups excluding carboxylic acids is 2. The van der Waals surface area contributed by atoms with E-state index < -0.39 is 0 Å². The van der Waals surface area contributed by atoms with Gasteiger partial charge in [0.1, 0.15) is 0 Å². The molecule has 124 valence electrons. The Balaban J connectivity index is 1.61. The molecule has 1 saturated heterocycles. The highest BCUT2D eigenvalue weighted by Gasteiger charge is 2.31. The Kier molecular flexibility index (Phi) is 4.33. The van der Waals surface area contributed by atoms with Gasteiger partial charge in [-0.3, -0.25) is 9.59 Å². The summed E-state index contributed by atoms with van der Waals surface area (Å²) in [6, 6.07) is 7.95. The summed E-state index contributed by atoms with van der Waals surface area (Å²) in [6.07, 6.45) is 2.55. The fourth-order valence-electron chi connectivity index (χ4n) is 3.34. The zero-order valence-electron chi connectivity index (χ0n) is 13.2. The fourth-order valence-corrected chi connectivity index (χ4v) is 4.98. The van der Waals surface area contributed by atoms with Gasteiger partial charge in [-0.15, -0.1) is 11.8 Å². The average Bonchev–Trinajstić information content (AvgIpc) is 3.22. The predicted octanol–water partition coefficient (Wildman–Crippen LogP) is 4.16. The number of nitrogens with one attached hydrogen (secondary N) is 1. The number of likely N-dealkylation sites (tertiary alicyclic amines) is 1. The number of thioether (sulfide) groups is 1. The number of fused-ring (bicyclic) bond motifs is 1. The number of carbonyl (C=O) groups is 2. The van der Waals surface area contributed by atoms with Gasteiger partial charge in [-0.05, 0) is 53.4 Å². The Hall–Kier alpha value is -1.79. The second kappa shape index (κ2) is 6.61. The van der Waals surface area contributed by atoms with E-state index in [1.54, 1.807) is 23.1 Å². The lowest BCUT2D eigenvalue weighted by atomic mass is 10.1. The van der Waals surface area contributed by atoms with E-state index in [1.165, 1.54) is 5.56 Å². The van der Waals surface area contributed by atoms with Crippen LogP contribution in [0, 0.1) is 0 Å². The standard InChI is InChI=1S/C18H18N2O2S2/c21-17-6-9-24-16-4-3-12(10-14(16)19-17)18(22)20-7-1-2-15(20)13-5-8-23-11-13/h3-5,8,10-11,15H,1-2,6-7,9H2,(H,19,21). The summed E-state index contributed by atoms with van der Waals surface area (Å²) in [5, 5.41) is 7.11.